The normalized spacial score (nSPS) is 25.2. The number of aliphatic hydroxyl groups is 1. The first-order valence-corrected chi connectivity index (χ1v) is 7.71. The van der Waals surface area contributed by atoms with E-state index in [-0.39, 0.29) is 18.3 Å². The van der Waals surface area contributed by atoms with Crippen molar-refractivity contribution in [3.05, 3.63) is 35.5 Å². The number of ether oxygens (including phenoxy) is 1. The molecule has 0 aliphatic carbocycles. The van der Waals surface area contributed by atoms with Crippen LogP contribution in [-0.4, -0.2) is 36.4 Å². The summed E-state index contributed by atoms with van der Waals surface area (Å²) in [5, 5.41) is 13.7. The van der Waals surface area contributed by atoms with Gasteiger partial charge in [-0.3, -0.25) is 0 Å². The number of aliphatic hydroxyl groups excluding tert-OH is 1. The van der Waals surface area contributed by atoms with Crippen LogP contribution in [0.4, 0.5) is 0 Å². The molecule has 0 fully saturated rings. The summed E-state index contributed by atoms with van der Waals surface area (Å²) < 4.78 is 6.37. The maximum absolute atomic E-state index is 9.19. The zero-order valence-corrected chi connectivity index (χ0v) is 12.8. The number of nitrogens with one attached hydrogen (secondary N) is 2. The van der Waals surface area contributed by atoms with Gasteiger partial charge >= 0.3 is 0 Å². The van der Waals surface area contributed by atoms with E-state index in [1.54, 1.807) is 0 Å². The van der Waals surface area contributed by atoms with E-state index in [1.807, 2.05) is 7.05 Å². The molecule has 1 aromatic carbocycles. The Morgan fingerprint density at radius 1 is 1.43 bits per heavy atom. The molecule has 0 spiro atoms. The van der Waals surface area contributed by atoms with Crippen LogP contribution in [0.3, 0.4) is 0 Å². The Bertz CT molecular complexity index is 622. The summed E-state index contributed by atoms with van der Waals surface area (Å²) in [7, 11) is 1.96. The van der Waals surface area contributed by atoms with Gasteiger partial charge in [-0.25, -0.2) is 0 Å². The Balaban J connectivity index is 2.06. The Morgan fingerprint density at radius 3 is 3.00 bits per heavy atom. The molecule has 0 saturated carbocycles. The van der Waals surface area contributed by atoms with Gasteiger partial charge in [-0.05, 0) is 38.4 Å². The summed E-state index contributed by atoms with van der Waals surface area (Å²) >= 11 is 0. The molecule has 1 aliphatic rings. The predicted octanol–water partition coefficient (Wildman–Crippen LogP) is 2.32. The zero-order chi connectivity index (χ0) is 14.9. The van der Waals surface area contributed by atoms with Crippen LogP contribution in [0.25, 0.3) is 10.9 Å². The fourth-order valence-electron chi connectivity index (χ4n) is 3.50. The number of para-hydroxylation sites is 1. The van der Waals surface area contributed by atoms with E-state index >= 15 is 0 Å². The van der Waals surface area contributed by atoms with Gasteiger partial charge in [0.05, 0.1) is 11.8 Å². The van der Waals surface area contributed by atoms with Gasteiger partial charge in [0.15, 0.2) is 0 Å². The van der Waals surface area contributed by atoms with Crippen LogP contribution >= 0.6 is 0 Å². The molecule has 2 atom stereocenters. The lowest BCUT2D eigenvalue weighted by atomic mass is 9.87. The number of H-pyrrole nitrogens is 1. The number of likely N-dealkylation sites (N-methyl/N-ethyl adjacent to an activating group) is 1. The number of benzene rings is 1. The zero-order valence-electron chi connectivity index (χ0n) is 12.8. The Labute approximate surface area is 125 Å². The van der Waals surface area contributed by atoms with Crippen molar-refractivity contribution in [3.63, 3.8) is 0 Å². The first-order valence-electron chi connectivity index (χ1n) is 7.71. The van der Waals surface area contributed by atoms with E-state index in [1.165, 1.54) is 22.2 Å². The largest absolute Gasteiger partial charge is 0.396 e. The first kappa shape index (κ1) is 14.6. The van der Waals surface area contributed by atoms with Crippen LogP contribution in [0.1, 0.15) is 31.0 Å². The van der Waals surface area contributed by atoms with Gasteiger partial charge in [0.25, 0.3) is 0 Å². The minimum absolute atomic E-state index is 0.172. The maximum atomic E-state index is 9.19. The summed E-state index contributed by atoms with van der Waals surface area (Å²) in [5.41, 5.74) is 3.38. The number of aromatic nitrogens is 1. The monoisotopic (exact) mass is 288 g/mol. The molecule has 2 heterocycles. The molecule has 3 N–H and O–H groups in total. The highest BCUT2D eigenvalue weighted by Crippen LogP contribution is 2.41. The third-order valence-electron chi connectivity index (χ3n) is 4.44. The van der Waals surface area contributed by atoms with Gasteiger partial charge in [0.1, 0.15) is 5.60 Å². The van der Waals surface area contributed by atoms with Gasteiger partial charge in [0, 0.05) is 30.5 Å². The average molecular weight is 288 g/mol. The minimum Gasteiger partial charge on any atom is -0.396 e. The third-order valence-corrected chi connectivity index (χ3v) is 4.44. The van der Waals surface area contributed by atoms with Crippen LogP contribution in [0.15, 0.2) is 24.3 Å². The SMILES string of the molecule is CNCC1Cc2c([nH]c3ccccc23)C(C)(CCCO)O1. The Hall–Kier alpha value is -1.36. The van der Waals surface area contributed by atoms with Crippen molar-refractivity contribution >= 4 is 10.9 Å². The fraction of sp³-hybridized carbons (Fsp3) is 0.529. The molecule has 3 rings (SSSR count). The lowest BCUT2D eigenvalue weighted by Crippen LogP contribution is -2.42. The van der Waals surface area contributed by atoms with E-state index in [9.17, 15) is 5.11 Å². The summed E-state index contributed by atoms with van der Waals surface area (Å²) in [6.45, 7) is 3.18. The van der Waals surface area contributed by atoms with Crippen molar-refractivity contribution in [2.75, 3.05) is 20.2 Å². The van der Waals surface area contributed by atoms with Crippen LogP contribution in [0.2, 0.25) is 0 Å². The molecule has 0 saturated heterocycles. The standard InChI is InChI=1S/C17H24N2O2/c1-17(8-5-9-20)16-14(10-12(21-17)11-18-2)13-6-3-4-7-15(13)19-16/h3-4,6-7,12,18-20H,5,8-11H2,1-2H3. The molecule has 0 radical (unpaired) electrons. The number of aromatic amines is 1. The van der Waals surface area contributed by atoms with Crippen molar-refractivity contribution < 1.29 is 9.84 Å². The van der Waals surface area contributed by atoms with Crippen LogP contribution in [-0.2, 0) is 16.8 Å². The van der Waals surface area contributed by atoms with Gasteiger partial charge in [-0.2, -0.15) is 0 Å². The van der Waals surface area contributed by atoms with Crippen molar-refractivity contribution in [2.24, 2.45) is 0 Å². The molecule has 4 nitrogen and oxygen atoms in total. The first-order chi connectivity index (χ1) is 10.2. The Morgan fingerprint density at radius 2 is 2.24 bits per heavy atom. The smallest absolute Gasteiger partial charge is 0.106 e. The lowest BCUT2D eigenvalue weighted by Gasteiger charge is -2.39. The van der Waals surface area contributed by atoms with Crippen molar-refractivity contribution in [2.45, 2.75) is 37.9 Å². The van der Waals surface area contributed by atoms with E-state index in [0.29, 0.717) is 0 Å². The molecule has 2 unspecified atom stereocenters. The lowest BCUT2D eigenvalue weighted by molar-refractivity contribution is -0.106. The van der Waals surface area contributed by atoms with Crippen molar-refractivity contribution in [1.29, 1.82) is 0 Å². The molecule has 0 bridgehead atoms. The fourth-order valence-corrected chi connectivity index (χ4v) is 3.50. The topological polar surface area (TPSA) is 57.3 Å². The molecule has 1 aliphatic heterocycles. The van der Waals surface area contributed by atoms with E-state index in [0.717, 1.165) is 25.8 Å². The number of hydrogen-bond donors (Lipinski definition) is 3. The van der Waals surface area contributed by atoms with Gasteiger partial charge in [0.2, 0.25) is 0 Å². The minimum atomic E-state index is -0.350. The summed E-state index contributed by atoms with van der Waals surface area (Å²) in [4.78, 5) is 3.55. The highest BCUT2D eigenvalue weighted by atomic mass is 16.5. The molecule has 114 valence electrons. The maximum Gasteiger partial charge on any atom is 0.106 e. The molecular weight excluding hydrogens is 264 g/mol. The van der Waals surface area contributed by atoms with Gasteiger partial charge < -0.3 is 20.1 Å². The molecule has 2 aromatic rings. The number of hydrogen-bond acceptors (Lipinski definition) is 3. The van der Waals surface area contributed by atoms with Crippen LogP contribution in [0.5, 0.6) is 0 Å². The molecular formula is C17H24N2O2. The quantitative estimate of drug-likeness (QED) is 0.791. The van der Waals surface area contributed by atoms with Crippen LogP contribution < -0.4 is 5.32 Å². The summed E-state index contributed by atoms with van der Waals surface area (Å²) in [6, 6.07) is 8.44. The number of fused-ring (bicyclic) bond motifs is 3. The highest BCUT2D eigenvalue weighted by molar-refractivity contribution is 5.85. The summed E-state index contributed by atoms with van der Waals surface area (Å²) in [6.07, 6.45) is 2.67. The Kier molecular flexibility index (Phi) is 4.02. The molecule has 1 aromatic heterocycles. The second-order valence-electron chi connectivity index (χ2n) is 6.08. The number of rotatable bonds is 5. The molecule has 0 amide bonds. The van der Waals surface area contributed by atoms with Crippen molar-refractivity contribution in [3.8, 4) is 0 Å². The van der Waals surface area contributed by atoms with E-state index in [2.05, 4.69) is 41.5 Å². The van der Waals surface area contributed by atoms with Gasteiger partial charge in [-0.1, -0.05) is 18.2 Å². The molecule has 21 heavy (non-hydrogen) atoms. The van der Waals surface area contributed by atoms with Crippen LogP contribution in [0, 0.1) is 0 Å². The predicted molar refractivity (Wildman–Crippen MR) is 84.5 cm³/mol. The van der Waals surface area contributed by atoms with E-state index in [4.69, 9.17) is 4.74 Å². The average Bonchev–Trinajstić information content (AvgIpc) is 2.86. The second kappa shape index (κ2) is 5.79. The van der Waals surface area contributed by atoms with E-state index < -0.39 is 0 Å². The second-order valence-corrected chi connectivity index (χ2v) is 6.08. The third kappa shape index (κ3) is 2.59. The van der Waals surface area contributed by atoms with Gasteiger partial charge in [-0.15, -0.1) is 0 Å². The molecule has 4 heteroatoms. The van der Waals surface area contributed by atoms with Crippen molar-refractivity contribution in [1.82, 2.24) is 10.3 Å². The summed E-state index contributed by atoms with van der Waals surface area (Å²) in [5.74, 6) is 0. The highest BCUT2D eigenvalue weighted by Gasteiger charge is 2.39.